The van der Waals surface area contributed by atoms with Crippen LogP contribution in [0.4, 0.5) is 8.78 Å². The fraction of sp³-hybridized carbons (Fsp3) is 0.211. The first kappa shape index (κ1) is 22.9. The van der Waals surface area contributed by atoms with Gasteiger partial charge in [0.15, 0.2) is 5.65 Å². The third-order valence-corrected chi connectivity index (χ3v) is 5.52. The summed E-state index contributed by atoms with van der Waals surface area (Å²) >= 11 is 15.8. The van der Waals surface area contributed by atoms with Crippen LogP contribution in [0.15, 0.2) is 39.6 Å². The molecule has 1 aromatic carbocycles. The molecule has 1 atom stereocenters. The largest absolute Gasteiger partial charge is 0.489 e. The molecule has 0 amide bonds. The van der Waals surface area contributed by atoms with E-state index < -0.39 is 19.1 Å². The Morgan fingerprint density at radius 2 is 1.94 bits per heavy atom. The van der Waals surface area contributed by atoms with Crippen molar-refractivity contribution in [3.63, 3.8) is 0 Å². The smallest absolute Gasteiger partial charge is 0.278 e. The molecule has 0 bridgehead atoms. The van der Waals surface area contributed by atoms with Crippen LogP contribution in [0.5, 0.6) is 5.75 Å². The van der Waals surface area contributed by atoms with Crippen LogP contribution in [0.3, 0.4) is 0 Å². The molecule has 0 saturated heterocycles. The molecular formula is C19H13BrCl2F2N4O4. The van der Waals surface area contributed by atoms with Gasteiger partial charge in [-0.05, 0) is 28.1 Å². The minimum absolute atomic E-state index is 0.0489. The van der Waals surface area contributed by atoms with Crippen molar-refractivity contribution in [1.29, 1.82) is 0 Å². The number of imidazole rings is 1. The number of aliphatic hydroxyl groups excluding tert-OH is 2. The van der Waals surface area contributed by atoms with Crippen molar-refractivity contribution in [1.82, 2.24) is 19.5 Å². The van der Waals surface area contributed by atoms with Crippen LogP contribution in [0.25, 0.3) is 28.6 Å². The molecule has 4 rings (SSSR count). The highest BCUT2D eigenvalue weighted by atomic mass is 79.9. The molecule has 8 nitrogen and oxygen atoms in total. The van der Waals surface area contributed by atoms with Crippen LogP contribution in [0, 0.1) is 0 Å². The summed E-state index contributed by atoms with van der Waals surface area (Å²) in [6, 6.07) is 4.18. The lowest BCUT2D eigenvalue weighted by molar-refractivity contribution is 0.0536. The molecule has 0 saturated carbocycles. The number of ether oxygens (including phenoxy) is 1. The van der Waals surface area contributed by atoms with Crippen molar-refractivity contribution in [3.05, 3.63) is 50.7 Å². The van der Waals surface area contributed by atoms with Crippen molar-refractivity contribution in [2.45, 2.75) is 12.5 Å². The van der Waals surface area contributed by atoms with E-state index in [1.165, 1.54) is 35.0 Å². The van der Waals surface area contributed by atoms with Gasteiger partial charge in [-0.25, -0.2) is 13.8 Å². The molecular weight excluding hydrogens is 537 g/mol. The summed E-state index contributed by atoms with van der Waals surface area (Å²) in [5, 5.41) is 22.5. The van der Waals surface area contributed by atoms with E-state index in [4.69, 9.17) is 37.6 Å². The van der Waals surface area contributed by atoms with E-state index >= 15 is 0 Å². The lowest BCUT2D eigenvalue weighted by Crippen LogP contribution is -2.21. The Morgan fingerprint density at radius 3 is 2.66 bits per heavy atom. The molecule has 3 heterocycles. The molecule has 168 valence electrons. The Morgan fingerprint density at radius 1 is 1.16 bits per heavy atom. The van der Waals surface area contributed by atoms with E-state index in [1.54, 1.807) is 0 Å². The van der Waals surface area contributed by atoms with Crippen LogP contribution in [0.1, 0.15) is 12.0 Å². The first-order valence-electron chi connectivity index (χ1n) is 8.98. The van der Waals surface area contributed by atoms with Gasteiger partial charge in [-0.1, -0.05) is 28.4 Å². The highest BCUT2D eigenvalue weighted by Gasteiger charge is 2.20. The van der Waals surface area contributed by atoms with Crippen LogP contribution < -0.4 is 4.74 Å². The number of pyridine rings is 1. The first-order chi connectivity index (χ1) is 15.3. The normalized spacial score (nSPS) is 12.6. The van der Waals surface area contributed by atoms with Gasteiger partial charge in [0.25, 0.3) is 12.3 Å². The molecule has 2 N–H and O–H groups in total. The van der Waals surface area contributed by atoms with Gasteiger partial charge in [0, 0.05) is 29.6 Å². The van der Waals surface area contributed by atoms with Crippen LogP contribution in [-0.4, -0.2) is 49.1 Å². The Bertz CT molecular complexity index is 1280. The number of benzene rings is 1. The number of halogens is 5. The number of rotatable bonds is 7. The number of aliphatic hydroxyl groups is 2. The van der Waals surface area contributed by atoms with Crippen molar-refractivity contribution in [2.75, 3.05) is 13.2 Å². The van der Waals surface area contributed by atoms with Crippen molar-refractivity contribution in [2.24, 2.45) is 0 Å². The van der Waals surface area contributed by atoms with Gasteiger partial charge in [0.05, 0.1) is 21.1 Å². The number of nitrogens with zero attached hydrogens (tertiary/aromatic N) is 4. The lowest BCUT2D eigenvalue weighted by atomic mass is 10.2. The van der Waals surface area contributed by atoms with Crippen molar-refractivity contribution < 1.29 is 28.3 Å². The summed E-state index contributed by atoms with van der Waals surface area (Å²) in [7, 11) is 0. The van der Waals surface area contributed by atoms with Gasteiger partial charge in [0.1, 0.15) is 24.2 Å². The molecule has 3 aromatic heterocycles. The van der Waals surface area contributed by atoms with Crippen molar-refractivity contribution in [3.8, 4) is 28.7 Å². The summed E-state index contributed by atoms with van der Waals surface area (Å²) in [5.41, 5.74) is 0.856. The Hall–Kier alpha value is -2.31. The van der Waals surface area contributed by atoms with E-state index in [0.717, 1.165) is 0 Å². The zero-order chi connectivity index (χ0) is 23.0. The van der Waals surface area contributed by atoms with Gasteiger partial charge >= 0.3 is 0 Å². The van der Waals surface area contributed by atoms with E-state index in [9.17, 15) is 13.9 Å². The summed E-state index contributed by atoms with van der Waals surface area (Å²) < 4.78 is 38.5. The monoisotopic (exact) mass is 548 g/mol. The van der Waals surface area contributed by atoms with E-state index in [-0.39, 0.29) is 45.4 Å². The van der Waals surface area contributed by atoms with Gasteiger partial charge in [-0.3, -0.25) is 0 Å². The fourth-order valence-electron chi connectivity index (χ4n) is 2.79. The lowest BCUT2D eigenvalue weighted by Gasteiger charge is -2.12. The summed E-state index contributed by atoms with van der Waals surface area (Å²) in [4.78, 5) is 8.62. The van der Waals surface area contributed by atoms with Gasteiger partial charge in [0.2, 0.25) is 5.82 Å². The predicted octanol–water partition coefficient (Wildman–Crippen LogP) is 4.79. The van der Waals surface area contributed by atoms with E-state index in [1.807, 2.05) is 0 Å². The quantitative estimate of drug-likeness (QED) is 0.341. The maximum Gasteiger partial charge on any atom is 0.278 e. The Labute approximate surface area is 197 Å². The van der Waals surface area contributed by atoms with E-state index in [0.29, 0.717) is 15.7 Å². The minimum Gasteiger partial charge on any atom is -0.489 e. The summed E-state index contributed by atoms with van der Waals surface area (Å²) in [5.74, 6) is 0.377. The van der Waals surface area contributed by atoms with Gasteiger partial charge < -0.3 is 23.9 Å². The topological polar surface area (TPSA) is 106 Å². The Balaban J connectivity index is 1.64. The fourth-order valence-corrected chi connectivity index (χ4v) is 3.80. The standard InChI is InChI=1S/C19H13BrCl2F2N4O4/c20-11-1-8(16(23)24)4-28-5-14(25-18(11)28)19-26-17(27-32-19)10-2-13(22)15(3-12(10)21)31-7-9(30)6-29/h1-5,9,16,29-30H,6-7H2. The number of aromatic nitrogens is 4. The molecule has 0 fully saturated rings. The average Bonchev–Trinajstić information content (AvgIpc) is 3.41. The minimum atomic E-state index is -2.64. The third-order valence-electron chi connectivity index (χ3n) is 4.33. The maximum atomic E-state index is 13.0. The molecule has 0 spiro atoms. The second-order valence-corrected chi connectivity index (χ2v) is 8.28. The first-order valence-corrected chi connectivity index (χ1v) is 10.5. The Kier molecular flexibility index (Phi) is 6.63. The number of hydrogen-bond donors (Lipinski definition) is 2. The molecule has 0 aliphatic heterocycles. The molecule has 0 aliphatic rings. The van der Waals surface area contributed by atoms with Crippen molar-refractivity contribution >= 4 is 44.8 Å². The molecule has 1 unspecified atom stereocenters. The third kappa shape index (κ3) is 4.57. The van der Waals surface area contributed by atoms with E-state index in [2.05, 4.69) is 31.1 Å². The average molecular weight is 550 g/mol. The second kappa shape index (κ2) is 9.28. The molecule has 4 aromatic rings. The molecule has 0 radical (unpaired) electrons. The summed E-state index contributed by atoms with van der Waals surface area (Å²) in [6.07, 6.45) is -0.947. The van der Waals surface area contributed by atoms with Crippen LogP contribution in [0.2, 0.25) is 10.0 Å². The molecule has 13 heteroatoms. The number of alkyl halides is 2. The van der Waals surface area contributed by atoms with Gasteiger partial charge in [-0.2, -0.15) is 4.98 Å². The zero-order valence-corrected chi connectivity index (χ0v) is 18.9. The van der Waals surface area contributed by atoms with Gasteiger partial charge in [-0.15, -0.1) is 0 Å². The number of fused-ring (bicyclic) bond motifs is 1. The second-order valence-electron chi connectivity index (χ2n) is 6.61. The maximum absolute atomic E-state index is 13.0. The zero-order valence-electron chi connectivity index (χ0n) is 15.8. The van der Waals surface area contributed by atoms with Crippen LogP contribution >= 0.6 is 39.1 Å². The highest BCUT2D eigenvalue weighted by molar-refractivity contribution is 9.10. The van der Waals surface area contributed by atoms with Crippen LogP contribution in [-0.2, 0) is 0 Å². The highest BCUT2D eigenvalue weighted by Crippen LogP contribution is 2.36. The molecule has 32 heavy (non-hydrogen) atoms. The number of hydrogen-bond acceptors (Lipinski definition) is 7. The SMILES string of the molecule is OCC(O)COc1cc(Cl)c(-c2noc(-c3cn4cc(C(F)F)cc(Br)c4n3)n2)cc1Cl. The predicted molar refractivity (Wildman–Crippen MR) is 115 cm³/mol. The molecule has 0 aliphatic carbocycles. The summed E-state index contributed by atoms with van der Waals surface area (Å²) in [6.45, 7) is -0.632.